The zero-order valence-corrected chi connectivity index (χ0v) is 10.7. The lowest BCUT2D eigenvalue weighted by molar-refractivity contribution is 0.629. The molecular formula is C14H12F2Si. The highest BCUT2D eigenvalue weighted by molar-refractivity contribution is 7.03. The summed E-state index contributed by atoms with van der Waals surface area (Å²) in [7, 11) is -2.07. The first-order valence-electron chi connectivity index (χ1n) is 5.61. The van der Waals surface area contributed by atoms with E-state index < -0.39 is 8.07 Å². The lowest BCUT2D eigenvalue weighted by Crippen LogP contribution is -2.50. The van der Waals surface area contributed by atoms with Gasteiger partial charge in [0, 0.05) is 0 Å². The van der Waals surface area contributed by atoms with Gasteiger partial charge in [-0.1, -0.05) is 31.3 Å². The molecule has 3 heteroatoms. The summed E-state index contributed by atoms with van der Waals surface area (Å²) in [6.07, 6.45) is 0. The number of halogens is 2. The molecule has 0 fully saturated rings. The van der Waals surface area contributed by atoms with Crippen LogP contribution in [0.2, 0.25) is 13.1 Å². The first-order chi connectivity index (χ1) is 8.01. The third-order valence-corrected chi connectivity index (χ3v) is 7.10. The van der Waals surface area contributed by atoms with Gasteiger partial charge in [0.2, 0.25) is 0 Å². The molecule has 0 nitrogen and oxygen atoms in total. The van der Waals surface area contributed by atoms with Crippen LogP contribution >= 0.6 is 0 Å². The van der Waals surface area contributed by atoms with Crippen molar-refractivity contribution in [2.24, 2.45) is 0 Å². The van der Waals surface area contributed by atoms with Crippen LogP contribution in [-0.2, 0) is 0 Å². The van der Waals surface area contributed by atoms with E-state index in [0.29, 0.717) is 0 Å². The molecule has 0 radical (unpaired) electrons. The van der Waals surface area contributed by atoms with Crippen LogP contribution in [0.5, 0.6) is 0 Å². The van der Waals surface area contributed by atoms with E-state index in [1.807, 2.05) is 6.07 Å². The van der Waals surface area contributed by atoms with Crippen molar-refractivity contribution in [2.45, 2.75) is 13.1 Å². The number of fused-ring (bicyclic) bond motifs is 3. The summed E-state index contributed by atoms with van der Waals surface area (Å²) in [5.41, 5.74) is 1.94. The van der Waals surface area contributed by atoms with Crippen molar-refractivity contribution in [3.63, 3.8) is 0 Å². The lowest BCUT2D eigenvalue weighted by Gasteiger charge is -2.18. The Balaban J connectivity index is 2.42. The molecule has 0 unspecified atom stereocenters. The summed E-state index contributed by atoms with van der Waals surface area (Å²) >= 11 is 0. The van der Waals surface area contributed by atoms with E-state index in [0.717, 1.165) is 21.5 Å². The van der Waals surface area contributed by atoms with Crippen LogP contribution in [0.4, 0.5) is 8.78 Å². The Kier molecular flexibility index (Phi) is 2.04. The summed E-state index contributed by atoms with van der Waals surface area (Å²) < 4.78 is 27.4. The lowest BCUT2D eigenvalue weighted by atomic mass is 10.1. The number of benzene rings is 2. The Hall–Kier alpha value is -1.48. The van der Waals surface area contributed by atoms with E-state index in [-0.39, 0.29) is 11.6 Å². The Morgan fingerprint density at radius 2 is 1.71 bits per heavy atom. The number of hydrogen-bond acceptors (Lipinski definition) is 0. The third kappa shape index (κ3) is 1.32. The molecule has 86 valence electrons. The molecule has 0 amide bonds. The molecule has 3 rings (SSSR count). The molecule has 0 saturated carbocycles. The fourth-order valence-corrected chi connectivity index (χ4v) is 6.02. The first kappa shape index (κ1) is 10.7. The highest BCUT2D eigenvalue weighted by Gasteiger charge is 2.39. The Morgan fingerprint density at radius 3 is 2.47 bits per heavy atom. The minimum atomic E-state index is -2.07. The molecule has 1 aliphatic heterocycles. The molecule has 17 heavy (non-hydrogen) atoms. The first-order valence-corrected chi connectivity index (χ1v) is 8.61. The Morgan fingerprint density at radius 1 is 0.941 bits per heavy atom. The van der Waals surface area contributed by atoms with Gasteiger partial charge in [0.15, 0.2) is 0 Å². The van der Waals surface area contributed by atoms with Crippen LogP contribution in [0.25, 0.3) is 11.1 Å². The van der Waals surface area contributed by atoms with Gasteiger partial charge in [-0.3, -0.25) is 0 Å². The maximum Gasteiger partial charge on any atom is 0.123 e. The standard InChI is InChI=1S/C14H12F2Si/c1-17(2)13-8-9(15)6-7-10(13)11-4-3-5-12(16)14(11)17/h3-8H,1-2H3. The molecular weight excluding hydrogens is 234 g/mol. The highest BCUT2D eigenvalue weighted by atomic mass is 28.3. The normalized spacial score (nSPS) is 15.5. The molecule has 0 bridgehead atoms. The van der Waals surface area contributed by atoms with Crippen molar-refractivity contribution in [1.82, 2.24) is 0 Å². The summed E-state index contributed by atoms with van der Waals surface area (Å²) in [5, 5.41) is 1.80. The Bertz CT molecular complexity index is 618. The second-order valence-electron chi connectivity index (χ2n) is 4.98. The van der Waals surface area contributed by atoms with E-state index in [1.165, 1.54) is 12.1 Å². The second kappa shape index (κ2) is 3.26. The van der Waals surface area contributed by atoms with Gasteiger partial charge in [-0.05, 0) is 39.7 Å². The zero-order chi connectivity index (χ0) is 12.2. The average Bonchev–Trinajstić information content (AvgIpc) is 2.49. The fourth-order valence-electron chi connectivity index (χ4n) is 2.79. The van der Waals surface area contributed by atoms with Gasteiger partial charge in [-0.25, -0.2) is 8.78 Å². The van der Waals surface area contributed by atoms with Gasteiger partial charge in [-0.2, -0.15) is 0 Å². The van der Waals surface area contributed by atoms with Gasteiger partial charge in [0.25, 0.3) is 0 Å². The largest absolute Gasteiger partial charge is 0.207 e. The molecule has 0 N–H and O–H groups in total. The molecule has 0 aromatic heterocycles. The molecule has 1 heterocycles. The predicted molar refractivity (Wildman–Crippen MR) is 68.5 cm³/mol. The number of rotatable bonds is 0. The summed E-state index contributed by atoms with van der Waals surface area (Å²) in [6.45, 7) is 4.14. The van der Waals surface area contributed by atoms with Gasteiger partial charge in [0.05, 0.1) is 0 Å². The van der Waals surface area contributed by atoms with E-state index in [2.05, 4.69) is 13.1 Å². The third-order valence-electron chi connectivity index (χ3n) is 3.58. The molecule has 0 aliphatic carbocycles. The zero-order valence-electron chi connectivity index (χ0n) is 9.72. The van der Waals surface area contributed by atoms with Gasteiger partial charge >= 0.3 is 0 Å². The van der Waals surface area contributed by atoms with Crippen molar-refractivity contribution in [3.8, 4) is 11.1 Å². The van der Waals surface area contributed by atoms with E-state index >= 15 is 0 Å². The second-order valence-corrected chi connectivity index (χ2v) is 9.27. The summed E-state index contributed by atoms with van der Waals surface area (Å²) in [6, 6.07) is 9.93. The maximum atomic E-state index is 14.0. The molecule has 2 aromatic rings. The van der Waals surface area contributed by atoms with Crippen LogP contribution in [0, 0.1) is 11.6 Å². The molecule has 2 aromatic carbocycles. The number of hydrogen-bond donors (Lipinski definition) is 0. The summed E-state index contributed by atoms with van der Waals surface area (Å²) in [5.74, 6) is -0.395. The minimum absolute atomic E-state index is 0.157. The SMILES string of the molecule is C[Si]1(C)c2cc(F)ccc2-c2cccc(F)c21. The molecule has 0 spiro atoms. The highest BCUT2D eigenvalue weighted by Crippen LogP contribution is 2.29. The van der Waals surface area contributed by atoms with Crippen LogP contribution in [0.3, 0.4) is 0 Å². The monoisotopic (exact) mass is 246 g/mol. The maximum absolute atomic E-state index is 14.0. The van der Waals surface area contributed by atoms with Crippen LogP contribution < -0.4 is 10.4 Å². The van der Waals surface area contributed by atoms with Crippen LogP contribution in [-0.4, -0.2) is 8.07 Å². The van der Waals surface area contributed by atoms with Gasteiger partial charge in [-0.15, -0.1) is 0 Å². The van der Waals surface area contributed by atoms with E-state index in [4.69, 9.17) is 0 Å². The smallest absolute Gasteiger partial charge is 0.123 e. The van der Waals surface area contributed by atoms with Crippen molar-refractivity contribution in [2.75, 3.05) is 0 Å². The van der Waals surface area contributed by atoms with Crippen molar-refractivity contribution >= 4 is 18.4 Å². The van der Waals surface area contributed by atoms with Gasteiger partial charge in [0.1, 0.15) is 19.7 Å². The molecule has 0 atom stereocenters. The van der Waals surface area contributed by atoms with Crippen molar-refractivity contribution < 1.29 is 8.78 Å². The van der Waals surface area contributed by atoms with Crippen molar-refractivity contribution in [1.29, 1.82) is 0 Å². The van der Waals surface area contributed by atoms with E-state index in [1.54, 1.807) is 18.2 Å². The average molecular weight is 246 g/mol. The van der Waals surface area contributed by atoms with Gasteiger partial charge < -0.3 is 0 Å². The van der Waals surface area contributed by atoms with Crippen molar-refractivity contribution in [3.05, 3.63) is 48.0 Å². The minimum Gasteiger partial charge on any atom is -0.207 e. The molecule has 0 saturated heterocycles. The molecule has 1 aliphatic rings. The van der Waals surface area contributed by atoms with Crippen LogP contribution in [0.1, 0.15) is 0 Å². The topological polar surface area (TPSA) is 0 Å². The predicted octanol–water partition coefficient (Wildman–Crippen LogP) is 2.77. The van der Waals surface area contributed by atoms with Crippen LogP contribution in [0.15, 0.2) is 36.4 Å². The fraction of sp³-hybridized carbons (Fsp3) is 0.143. The van der Waals surface area contributed by atoms with E-state index in [9.17, 15) is 8.78 Å². The Labute approximate surface area is 99.9 Å². The quantitative estimate of drug-likeness (QED) is 0.627. The summed E-state index contributed by atoms with van der Waals surface area (Å²) in [4.78, 5) is 0.